The SMILES string of the molecule is COc1ccc(CN2C3CC2CN(C(C)(C)C)C3)nc1. The van der Waals surface area contributed by atoms with Crippen LogP contribution in [0.5, 0.6) is 5.75 Å². The Morgan fingerprint density at radius 1 is 1.25 bits per heavy atom. The maximum atomic E-state index is 5.16. The fraction of sp³-hybridized carbons (Fsp3) is 0.688. The lowest BCUT2D eigenvalue weighted by Gasteiger charge is -2.59. The summed E-state index contributed by atoms with van der Waals surface area (Å²) in [6.07, 6.45) is 3.16. The van der Waals surface area contributed by atoms with Crippen LogP contribution in [0.3, 0.4) is 0 Å². The largest absolute Gasteiger partial charge is 0.495 e. The minimum absolute atomic E-state index is 0.293. The molecule has 0 aliphatic carbocycles. The summed E-state index contributed by atoms with van der Waals surface area (Å²) in [7, 11) is 1.68. The average Bonchev–Trinajstić information content (AvgIpc) is 2.44. The monoisotopic (exact) mass is 275 g/mol. The number of methoxy groups -OCH3 is 1. The number of likely N-dealkylation sites (tertiary alicyclic amines) is 2. The number of aromatic nitrogens is 1. The lowest BCUT2D eigenvalue weighted by Crippen LogP contribution is -2.70. The molecule has 0 aromatic carbocycles. The number of piperazine rings is 1. The minimum atomic E-state index is 0.293. The first-order chi connectivity index (χ1) is 9.47. The van der Waals surface area contributed by atoms with Crippen molar-refractivity contribution in [3.8, 4) is 5.75 Å². The van der Waals surface area contributed by atoms with Crippen molar-refractivity contribution in [2.24, 2.45) is 0 Å². The Balaban J connectivity index is 1.61. The molecule has 2 atom stereocenters. The van der Waals surface area contributed by atoms with Crippen molar-refractivity contribution >= 4 is 0 Å². The Morgan fingerprint density at radius 3 is 2.45 bits per heavy atom. The van der Waals surface area contributed by atoms with Crippen LogP contribution >= 0.6 is 0 Å². The van der Waals surface area contributed by atoms with Gasteiger partial charge in [0.15, 0.2) is 0 Å². The number of ether oxygens (including phenoxy) is 1. The molecular formula is C16H25N3O. The molecule has 1 aromatic rings. The highest BCUT2D eigenvalue weighted by molar-refractivity contribution is 5.20. The molecule has 3 rings (SSSR count). The maximum absolute atomic E-state index is 5.16. The summed E-state index contributed by atoms with van der Waals surface area (Å²) in [5.41, 5.74) is 1.44. The van der Waals surface area contributed by atoms with Crippen LogP contribution in [0.15, 0.2) is 18.3 Å². The van der Waals surface area contributed by atoms with E-state index >= 15 is 0 Å². The van der Waals surface area contributed by atoms with Gasteiger partial charge in [0, 0.05) is 37.3 Å². The quantitative estimate of drug-likeness (QED) is 0.845. The number of piperidine rings is 1. The third-order valence-electron chi connectivity index (χ3n) is 4.67. The number of pyridine rings is 1. The van der Waals surface area contributed by atoms with E-state index in [1.807, 2.05) is 12.3 Å². The van der Waals surface area contributed by atoms with E-state index in [9.17, 15) is 0 Å². The van der Waals surface area contributed by atoms with E-state index in [0.717, 1.165) is 18.0 Å². The van der Waals surface area contributed by atoms with Gasteiger partial charge < -0.3 is 4.74 Å². The van der Waals surface area contributed by atoms with E-state index in [-0.39, 0.29) is 0 Å². The van der Waals surface area contributed by atoms with Gasteiger partial charge in [0.05, 0.1) is 19.0 Å². The molecule has 2 aliphatic heterocycles. The van der Waals surface area contributed by atoms with Crippen LogP contribution in [0, 0.1) is 0 Å². The first kappa shape index (κ1) is 13.8. The molecule has 0 saturated carbocycles. The van der Waals surface area contributed by atoms with Gasteiger partial charge in [-0.2, -0.15) is 0 Å². The fourth-order valence-electron chi connectivity index (χ4n) is 3.31. The molecule has 0 spiro atoms. The zero-order chi connectivity index (χ0) is 14.3. The molecule has 2 bridgehead atoms. The lowest BCUT2D eigenvalue weighted by molar-refractivity contribution is -0.100. The number of hydrogen-bond donors (Lipinski definition) is 0. The van der Waals surface area contributed by atoms with Crippen molar-refractivity contribution in [1.82, 2.24) is 14.8 Å². The highest BCUT2D eigenvalue weighted by Gasteiger charge is 2.46. The smallest absolute Gasteiger partial charge is 0.137 e. The molecule has 4 nitrogen and oxygen atoms in total. The third-order valence-corrected chi connectivity index (χ3v) is 4.67. The van der Waals surface area contributed by atoms with Crippen LogP contribution in [0.4, 0.5) is 0 Å². The van der Waals surface area contributed by atoms with Crippen molar-refractivity contribution in [1.29, 1.82) is 0 Å². The maximum Gasteiger partial charge on any atom is 0.137 e. The predicted octanol–water partition coefficient (Wildman–Crippen LogP) is 2.15. The summed E-state index contributed by atoms with van der Waals surface area (Å²) in [4.78, 5) is 9.71. The first-order valence-electron chi connectivity index (χ1n) is 7.47. The second-order valence-corrected chi connectivity index (χ2v) is 6.98. The molecule has 2 saturated heterocycles. The lowest BCUT2D eigenvalue weighted by atomic mass is 9.84. The van der Waals surface area contributed by atoms with Gasteiger partial charge >= 0.3 is 0 Å². The van der Waals surface area contributed by atoms with E-state index in [1.54, 1.807) is 7.11 Å². The standard InChI is InChI=1S/C16H25N3O/c1-16(2,3)18-10-13-7-14(11-18)19(13)9-12-5-6-15(20-4)8-17-12/h5-6,8,13-14H,7,9-11H2,1-4H3. The highest BCUT2D eigenvalue weighted by Crippen LogP contribution is 2.36. The zero-order valence-corrected chi connectivity index (χ0v) is 13.0. The summed E-state index contributed by atoms with van der Waals surface area (Å²) in [6, 6.07) is 5.49. The molecule has 110 valence electrons. The van der Waals surface area contributed by atoms with Gasteiger partial charge in [0.25, 0.3) is 0 Å². The molecule has 2 aliphatic rings. The van der Waals surface area contributed by atoms with Gasteiger partial charge in [-0.3, -0.25) is 14.8 Å². The fourth-order valence-corrected chi connectivity index (χ4v) is 3.31. The van der Waals surface area contributed by atoms with Gasteiger partial charge in [-0.25, -0.2) is 0 Å². The van der Waals surface area contributed by atoms with Crippen molar-refractivity contribution in [3.63, 3.8) is 0 Å². The average molecular weight is 275 g/mol. The van der Waals surface area contributed by atoms with E-state index in [4.69, 9.17) is 4.74 Å². The summed E-state index contributed by atoms with van der Waals surface area (Å²) in [5.74, 6) is 0.830. The van der Waals surface area contributed by atoms with E-state index in [2.05, 4.69) is 41.6 Å². The molecule has 2 fully saturated rings. The Morgan fingerprint density at radius 2 is 1.95 bits per heavy atom. The predicted molar refractivity (Wildman–Crippen MR) is 79.9 cm³/mol. The molecule has 0 amide bonds. The Kier molecular flexibility index (Phi) is 3.46. The topological polar surface area (TPSA) is 28.6 Å². The molecule has 1 aromatic heterocycles. The first-order valence-corrected chi connectivity index (χ1v) is 7.47. The van der Waals surface area contributed by atoms with Crippen LogP contribution in [-0.2, 0) is 6.54 Å². The van der Waals surface area contributed by atoms with Crippen LogP contribution < -0.4 is 4.74 Å². The number of rotatable bonds is 3. The second-order valence-electron chi connectivity index (χ2n) is 6.98. The molecule has 3 heterocycles. The summed E-state index contributed by atoms with van der Waals surface area (Å²) in [5, 5.41) is 0. The Bertz CT molecular complexity index is 454. The Hall–Kier alpha value is -1.13. The molecule has 0 N–H and O–H groups in total. The van der Waals surface area contributed by atoms with E-state index in [1.165, 1.54) is 19.5 Å². The van der Waals surface area contributed by atoms with Crippen molar-refractivity contribution < 1.29 is 4.74 Å². The second kappa shape index (κ2) is 5.01. The molecule has 2 unspecified atom stereocenters. The van der Waals surface area contributed by atoms with Crippen molar-refractivity contribution in [2.75, 3.05) is 20.2 Å². The van der Waals surface area contributed by atoms with E-state index in [0.29, 0.717) is 17.6 Å². The van der Waals surface area contributed by atoms with Gasteiger partial charge in [0.2, 0.25) is 0 Å². The normalized spacial score (nSPS) is 27.2. The van der Waals surface area contributed by atoms with Gasteiger partial charge in [-0.1, -0.05) is 0 Å². The number of nitrogens with zero attached hydrogens (tertiary/aromatic N) is 3. The Labute approximate surface area is 121 Å². The summed E-state index contributed by atoms with van der Waals surface area (Å²) in [6.45, 7) is 10.3. The van der Waals surface area contributed by atoms with E-state index < -0.39 is 0 Å². The highest BCUT2D eigenvalue weighted by atomic mass is 16.5. The van der Waals surface area contributed by atoms with Gasteiger partial charge in [-0.05, 0) is 39.3 Å². The van der Waals surface area contributed by atoms with Crippen molar-refractivity contribution in [2.45, 2.75) is 51.4 Å². The van der Waals surface area contributed by atoms with Crippen LogP contribution in [0.2, 0.25) is 0 Å². The molecule has 0 radical (unpaired) electrons. The third kappa shape index (κ3) is 2.54. The minimum Gasteiger partial charge on any atom is -0.495 e. The van der Waals surface area contributed by atoms with Crippen LogP contribution in [-0.4, -0.2) is 52.6 Å². The molecule has 20 heavy (non-hydrogen) atoms. The van der Waals surface area contributed by atoms with Crippen LogP contribution in [0.1, 0.15) is 32.9 Å². The van der Waals surface area contributed by atoms with Gasteiger partial charge in [0.1, 0.15) is 5.75 Å². The van der Waals surface area contributed by atoms with Gasteiger partial charge in [-0.15, -0.1) is 0 Å². The summed E-state index contributed by atoms with van der Waals surface area (Å²) >= 11 is 0. The molecular weight excluding hydrogens is 250 g/mol. The van der Waals surface area contributed by atoms with Crippen LogP contribution in [0.25, 0.3) is 0 Å². The number of fused-ring (bicyclic) bond motifs is 2. The summed E-state index contributed by atoms with van der Waals surface area (Å²) < 4.78 is 5.16. The number of hydrogen-bond acceptors (Lipinski definition) is 4. The zero-order valence-electron chi connectivity index (χ0n) is 13.0. The van der Waals surface area contributed by atoms with Crippen molar-refractivity contribution in [3.05, 3.63) is 24.0 Å². The molecule has 4 heteroatoms.